The molecule has 39 heavy (non-hydrogen) atoms. The molecule has 0 aromatic heterocycles. The number of rotatable bonds is 32. The SMILES string of the molecule is CCCCCCCC/C=C\CCCCCCCC(=O)PC(=O)CCCCCCC/C=C\CCCCCCCC. The van der Waals surface area contributed by atoms with Gasteiger partial charge in [0, 0.05) is 21.4 Å². The normalized spacial score (nSPS) is 11.7. The zero-order valence-corrected chi connectivity index (χ0v) is 27.4. The molecule has 0 aliphatic carbocycles. The molecule has 0 unspecified atom stereocenters. The highest BCUT2D eigenvalue weighted by Gasteiger charge is 2.09. The van der Waals surface area contributed by atoms with Crippen molar-refractivity contribution in [2.75, 3.05) is 0 Å². The number of carbonyl (C=O) groups is 2. The molecule has 0 saturated carbocycles. The van der Waals surface area contributed by atoms with Gasteiger partial charge in [0.2, 0.25) is 0 Å². The van der Waals surface area contributed by atoms with Crippen LogP contribution in [0.4, 0.5) is 0 Å². The summed E-state index contributed by atoms with van der Waals surface area (Å²) in [6.07, 6.45) is 43.7. The highest BCUT2D eigenvalue weighted by atomic mass is 31.1. The third-order valence-corrected chi connectivity index (χ3v) is 8.67. The van der Waals surface area contributed by atoms with Crippen molar-refractivity contribution < 1.29 is 9.59 Å². The molecule has 0 aromatic rings. The lowest BCUT2D eigenvalue weighted by Crippen LogP contribution is -1.97. The lowest BCUT2D eigenvalue weighted by molar-refractivity contribution is -0.113. The van der Waals surface area contributed by atoms with Crippen LogP contribution < -0.4 is 0 Å². The molecular weight excluding hydrogens is 495 g/mol. The third-order valence-electron chi connectivity index (χ3n) is 7.61. The van der Waals surface area contributed by atoms with Crippen molar-refractivity contribution in [1.82, 2.24) is 0 Å². The van der Waals surface area contributed by atoms with Crippen LogP contribution in [0.5, 0.6) is 0 Å². The van der Waals surface area contributed by atoms with Crippen molar-refractivity contribution in [2.45, 2.75) is 194 Å². The van der Waals surface area contributed by atoms with Gasteiger partial charge in [-0.2, -0.15) is 0 Å². The van der Waals surface area contributed by atoms with Crippen molar-refractivity contribution in [2.24, 2.45) is 0 Å². The smallest absolute Gasteiger partial charge is 0.158 e. The van der Waals surface area contributed by atoms with Crippen LogP contribution >= 0.6 is 8.58 Å². The third kappa shape index (κ3) is 33.4. The van der Waals surface area contributed by atoms with Crippen LogP contribution in [-0.2, 0) is 9.59 Å². The maximum Gasteiger partial charge on any atom is 0.158 e. The Labute approximate surface area is 246 Å². The van der Waals surface area contributed by atoms with Gasteiger partial charge in [-0.3, -0.25) is 9.59 Å². The molecule has 0 aromatic carbocycles. The van der Waals surface area contributed by atoms with Crippen LogP contribution in [0.1, 0.15) is 194 Å². The van der Waals surface area contributed by atoms with Gasteiger partial charge in [0.1, 0.15) is 0 Å². The maximum absolute atomic E-state index is 12.1. The van der Waals surface area contributed by atoms with Gasteiger partial charge < -0.3 is 0 Å². The molecule has 228 valence electrons. The summed E-state index contributed by atoms with van der Waals surface area (Å²) in [7, 11) is -0.0943. The molecule has 0 amide bonds. The number of hydrogen-bond donors (Lipinski definition) is 0. The Balaban J connectivity index is 3.37. The molecule has 0 atom stereocenters. The highest BCUT2D eigenvalue weighted by Crippen LogP contribution is 2.22. The second-order valence-electron chi connectivity index (χ2n) is 11.6. The lowest BCUT2D eigenvalue weighted by Gasteiger charge is -2.03. The van der Waals surface area contributed by atoms with Crippen LogP contribution in [0.25, 0.3) is 0 Å². The molecule has 0 spiro atoms. The first-order valence-electron chi connectivity index (χ1n) is 17.3. The average Bonchev–Trinajstić information content (AvgIpc) is 2.93. The van der Waals surface area contributed by atoms with E-state index in [1.807, 2.05) is 0 Å². The predicted octanol–water partition coefficient (Wildman–Crippen LogP) is 12.8. The number of allylic oxidation sites excluding steroid dienone is 4. The van der Waals surface area contributed by atoms with Crippen LogP contribution in [0, 0.1) is 0 Å². The zero-order chi connectivity index (χ0) is 28.5. The van der Waals surface area contributed by atoms with Crippen LogP contribution in [0.2, 0.25) is 0 Å². The van der Waals surface area contributed by atoms with E-state index in [4.69, 9.17) is 0 Å². The molecule has 0 aliphatic heterocycles. The Morgan fingerprint density at radius 3 is 0.949 bits per heavy atom. The molecule has 0 N–H and O–H groups in total. The quantitative estimate of drug-likeness (QED) is 0.0464. The van der Waals surface area contributed by atoms with Crippen molar-refractivity contribution in [3.63, 3.8) is 0 Å². The monoisotopic (exact) mass is 562 g/mol. The highest BCUT2D eigenvalue weighted by molar-refractivity contribution is 7.73. The van der Waals surface area contributed by atoms with E-state index < -0.39 is 0 Å². The van der Waals surface area contributed by atoms with Crippen LogP contribution in [0.15, 0.2) is 24.3 Å². The predicted molar refractivity (Wildman–Crippen MR) is 177 cm³/mol. The Bertz CT molecular complexity index is 531. The standard InChI is InChI=1S/C36H67O2P/c1-3-5-7-9-11-13-15-17-19-21-23-25-27-29-31-33-35(37)39-36(38)34-32-30-28-26-24-22-20-18-16-14-12-10-8-6-4-2/h17-20,39H,3-16,21-34H2,1-2H3/b19-17-,20-18-. The van der Waals surface area contributed by atoms with Crippen molar-refractivity contribution >= 4 is 19.6 Å². The van der Waals surface area contributed by atoms with E-state index in [-0.39, 0.29) is 19.6 Å². The molecular formula is C36H67O2P. The molecule has 0 radical (unpaired) electrons. The van der Waals surface area contributed by atoms with Gasteiger partial charge >= 0.3 is 0 Å². The van der Waals surface area contributed by atoms with Crippen molar-refractivity contribution in [3.05, 3.63) is 24.3 Å². The first kappa shape index (κ1) is 38.2. The Morgan fingerprint density at radius 2 is 0.641 bits per heavy atom. The fraction of sp³-hybridized carbons (Fsp3) is 0.833. The molecule has 2 nitrogen and oxygen atoms in total. The van der Waals surface area contributed by atoms with Gasteiger partial charge in [0.05, 0.1) is 0 Å². The van der Waals surface area contributed by atoms with Crippen molar-refractivity contribution in [1.29, 1.82) is 0 Å². The minimum atomic E-state index is -0.0943. The number of carbonyl (C=O) groups excluding carboxylic acids is 2. The van der Waals surface area contributed by atoms with E-state index in [2.05, 4.69) is 38.2 Å². The van der Waals surface area contributed by atoms with Crippen LogP contribution in [0.3, 0.4) is 0 Å². The van der Waals surface area contributed by atoms with Gasteiger partial charge in [-0.25, -0.2) is 0 Å². The summed E-state index contributed by atoms with van der Waals surface area (Å²) in [4.78, 5) is 24.2. The summed E-state index contributed by atoms with van der Waals surface area (Å²) in [5.74, 6) is 0. The molecule has 3 heteroatoms. The summed E-state index contributed by atoms with van der Waals surface area (Å²) in [6.45, 7) is 4.54. The molecule has 0 saturated heterocycles. The summed E-state index contributed by atoms with van der Waals surface area (Å²) < 4.78 is 0. The fourth-order valence-corrected chi connectivity index (χ4v) is 5.91. The van der Waals surface area contributed by atoms with E-state index in [0.717, 1.165) is 25.7 Å². The van der Waals surface area contributed by atoms with E-state index in [0.29, 0.717) is 12.8 Å². The van der Waals surface area contributed by atoms with Gasteiger partial charge in [-0.05, 0) is 64.2 Å². The minimum absolute atomic E-state index is 0.0943. The second kappa shape index (κ2) is 33.5. The minimum Gasteiger partial charge on any atom is -0.294 e. The summed E-state index contributed by atoms with van der Waals surface area (Å²) in [6, 6.07) is 0. The van der Waals surface area contributed by atoms with E-state index in [1.54, 1.807) is 0 Å². The molecule has 0 rings (SSSR count). The summed E-state index contributed by atoms with van der Waals surface area (Å²) in [5, 5.41) is 0. The maximum atomic E-state index is 12.1. The Kier molecular flexibility index (Phi) is 32.8. The van der Waals surface area contributed by atoms with Gasteiger partial charge in [0.15, 0.2) is 11.0 Å². The van der Waals surface area contributed by atoms with Gasteiger partial charge in [-0.15, -0.1) is 0 Å². The van der Waals surface area contributed by atoms with Crippen molar-refractivity contribution in [3.8, 4) is 0 Å². The van der Waals surface area contributed by atoms with Gasteiger partial charge in [0.25, 0.3) is 0 Å². The first-order valence-corrected chi connectivity index (χ1v) is 18.3. The largest absolute Gasteiger partial charge is 0.294 e. The Morgan fingerprint density at radius 1 is 0.385 bits per heavy atom. The second-order valence-corrected chi connectivity index (χ2v) is 13.0. The summed E-state index contributed by atoms with van der Waals surface area (Å²) in [5.41, 5.74) is 0.371. The molecule has 0 aliphatic rings. The van der Waals surface area contributed by atoms with E-state index in [1.165, 1.54) is 141 Å². The number of unbranched alkanes of at least 4 members (excludes halogenated alkanes) is 22. The van der Waals surface area contributed by atoms with E-state index in [9.17, 15) is 9.59 Å². The number of hydrogen-bond acceptors (Lipinski definition) is 2. The molecule has 0 fully saturated rings. The summed E-state index contributed by atoms with van der Waals surface area (Å²) >= 11 is 0. The van der Waals surface area contributed by atoms with Crippen LogP contribution in [-0.4, -0.2) is 11.0 Å². The lowest BCUT2D eigenvalue weighted by atomic mass is 10.1. The first-order chi connectivity index (χ1) is 19.2. The van der Waals surface area contributed by atoms with E-state index >= 15 is 0 Å². The topological polar surface area (TPSA) is 34.1 Å². The molecule has 0 bridgehead atoms. The molecule has 0 heterocycles. The fourth-order valence-electron chi connectivity index (χ4n) is 4.99. The zero-order valence-electron chi connectivity index (χ0n) is 26.4. The Hall–Kier alpha value is -0.750. The average molecular weight is 563 g/mol. The van der Waals surface area contributed by atoms with Gasteiger partial charge in [-0.1, -0.05) is 141 Å².